The summed E-state index contributed by atoms with van der Waals surface area (Å²) in [5.41, 5.74) is 1.92. The van der Waals surface area contributed by atoms with Gasteiger partial charge < -0.3 is 9.80 Å². The maximum absolute atomic E-state index is 13.9. The Balaban J connectivity index is 1.49. The molecule has 4 rings (SSSR count). The lowest BCUT2D eigenvalue weighted by Crippen LogP contribution is -3.13. The first-order valence-corrected chi connectivity index (χ1v) is 10.2. The number of hydrogen-bond acceptors (Lipinski definition) is 4. The highest BCUT2D eigenvalue weighted by molar-refractivity contribution is 6.09. The van der Waals surface area contributed by atoms with Gasteiger partial charge in [0.15, 0.2) is 5.78 Å². The number of hydrogen-bond donors (Lipinski definition) is 1. The van der Waals surface area contributed by atoms with Crippen LogP contribution in [-0.4, -0.2) is 36.9 Å². The van der Waals surface area contributed by atoms with E-state index in [2.05, 4.69) is 0 Å². The van der Waals surface area contributed by atoms with Crippen LogP contribution in [0.3, 0.4) is 0 Å². The fraction of sp³-hybridized carbons (Fsp3) is 0.208. The number of quaternary nitrogens is 1. The molecule has 0 aromatic heterocycles. The van der Waals surface area contributed by atoms with Gasteiger partial charge in [0.05, 0.1) is 31.1 Å². The molecule has 1 heterocycles. The van der Waals surface area contributed by atoms with Crippen LogP contribution in [0.2, 0.25) is 0 Å². The lowest BCUT2D eigenvalue weighted by molar-refractivity contribution is -0.914. The van der Waals surface area contributed by atoms with Crippen LogP contribution in [0.25, 0.3) is 0 Å². The molecule has 158 valence electrons. The quantitative estimate of drug-likeness (QED) is 0.378. The van der Waals surface area contributed by atoms with Gasteiger partial charge >= 0.3 is 0 Å². The Hall–Kier alpha value is -3.58. The van der Waals surface area contributed by atoms with Crippen molar-refractivity contribution in [1.82, 2.24) is 0 Å². The van der Waals surface area contributed by atoms with E-state index in [9.17, 15) is 19.3 Å². The zero-order valence-electron chi connectivity index (χ0n) is 17.0. The van der Waals surface area contributed by atoms with Crippen molar-refractivity contribution in [3.63, 3.8) is 0 Å². The van der Waals surface area contributed by atoms with Crippen molar-refractivity contribution in [2.75, 3.05) is 31.1 Å². The summed E-state index contributed by atoms with van der Waals surface area (Å²) in [6.07, 6.45) is 0. The molecular weight excluding hydrogens is 397 g/mol. The molecule has 1 aliphatic heterocycles. The molecular formula is C24H23FN3O3+. The summed E-state index contributed by atoms with van der Waals surface area (Å²) >= 11 is 0. The number of carbonyl (C=O) groups excluding carboxylic acids is 1. The van der Waals surface area contributed by atoms with Gasteiger partial charge in [0.1, 0.15) is 18.0 Å². The minimum Gasteiger partial charge on any atom is -0.355 e. The second-order valence-electron chi connectivity index (χ2n) is 7.66. The number of anilines is 1. The van der Waals surface area contributed by atoms with Gasteiger partial charge in [-0.15, -0.1) is 0 Å². The van der Waals surface area contributed by atoms with Gasteiger partial charge in [0.2, 0.25) is 0 Å². The predicted octanol–water partition coefficient (Wildman–Crippen LogP) is 2.87. The van der Waals surface area contributed by atoms with Crippen LogP contribution in [0.4, 0.5) is 15.8 Å². The molecule has 1 fully saturated rings. The number of rotatable bonds is 6. The molecule has 0 spiro atoms. The number of piperazine rings is 1. The highest BCUT2D eigenvalue weighted by atomic mass is 19.1. The van der Waals surface area contributed by atoms with Crippen molar-refractivity contribution >= 4 is 17.2 Å². The average molecular weight is 420 g/mol. The SMILES string of the molecule is O=C(c1ccccc1)c1ccc(N2CC[NH+](Cc3ccccc3F)CC2)c([N+](=O)[O-])c1. The highest BCUT2D eigenvalue weighted by Gasteiger charge is 2.27. The summed E-state index contributed by atoms with van der Waals surface area (Å²) < 4.78 is 13.9. The number of benzene rings is 3. The minimum absolute atomic E-state index is 0.0701. The number of nitro benzene ring substituents is 1. The zero-order valence-corrected chi connectivity index (χ0v) is 17.0. The third-order valence-electron chi connectivity index (χ3n) is 5.68. The van der Waals surface area contributed by atoms with E-state index in [-0.39, 0.29) is 17.3 Å². The standard InChI is InChI=1S/C24H22FN3O3/c25-21-9-5-4-8-20(21)17-26-12-14-27(15-13-26)22-11-10-19(16-23(22)28(30)31)24(29)18-6-2-1-3-7-18/h1-11,16H,12-15,17H2/p+1. The van der Waals surface area contributed by atoms with Gasteiger partial charge in [0, 0.05) is 22.8 Å². The molecule has 31 heavy (non-hydrogen) atoms. The maximum atomic E-state index is 13.9. The predicted molar refractivity (Wildman–Crippen MR) is 116 cm³/mol. The van der Waals surface area contributed by atoms with Crippen LogP contribution in [0.5, 0.6) is 0 Å². The van der Waals surface area contributed by atoms with Crippen molar-refractivity contribution in [2.45, 2.75) is 6.54 Å². The first kappa shape index (κ1) is 20.7. The summed E-state index contributed by atoms with van der Waals surface area (Å²) in [7, 11) is 0. The molecule has 1 aliphatic rings. The zero-order chi connectivity index (χ0) is 21.8. The van der Waals surface area contributed by atoms with E-state index in [1.807, 2.05) is 17.0 Å². The van der Waals surface area contributed by atoms with Crippen LogP contribution in [-0.2, 0) is 6.54 Å². The smallest absolute Gasteiger partial charge is 0.293 e. The molecule has 0 radical (unpaired) electrons. The van der Waals surface area contributed by atoms with Gasteiger partial charge in [-0.2, -0.15) is 0 Å². The van der Waals surface area contributed by atoms with Gasteiger partial charge in [0.25, 0.3) is 5.69 Å². The summed E-state index contributed by atoms with van der Waals surface area (Å²) in [6, 6.07) is 20.2. The van der Waals surface area contributed by atoms with E-state index in [4.69, 9.17) is 0 Å². The van der Waals surface area contributed by atoms with Crippen LogP contribution >= 0.6 is 0 Å². The molecule has 1 saturated heterocycles. The normalized spacial score (nSPS) is 14.4. The molecule has 0 atom stereocenters. The van der Waals surface area contributed by atoms with Crippen LogP contribution in [0, 0.1) is 15.9 Å². The number of nitrogens with one attached hydrogen (secondary N) is 1. The van der Waals surface area contributed by atoms with E-state index >= 15 is 0 Å². The first-order valence-electron chi connectivity index (χ1n) is 10.2. The molecule has 1 N–H and O–H groups in total. The van der Waals surface area contributed by atoms with Crippen LogP contribution in [0.1, 0.15) is 21.5 Å². The van der Waals surface area contributed by atoms with Gasteiger partial charge in [-0.05, 0) is 18.2 Å². The summed E-state index contributed by atoms with van der Waals surface area (Å²) in [6.45, 7) is 3.33. The van der Waals surface area contributed by atoms with Crippen molar-refractivity contribution in [3.8, 4) is 0 Å². The molecule has 3 aromatic carbocycles. The Morgan fingerprint density at radius 2 is 1.65 bits per heavy atom. The van der Waals surface area contributed by atoms with E-state index in [0.29, 0.717) is 42.0 Å². The minimum atomic E-state index is -0.435. The summed E-state index contributed by atoms with van der Waals surface area (Å²) in [5, 5.41) is 11.7. The fourth-order valence-corrected chi connectivity index (χ4v) is 3.99. The van der Waals surface area contributed by atoms with Crippen molar-refractivity contribution in [3.05, 3.63) is 105 Å². The number of halogens is 1. The van der Waals surface area contributed by atoms with Gasteiger partial charge in [-0.3, -0.25) is 14.9 Å². The van der Waals surface area contributed by atoms with Gasteiger partial charge in [-0.25, -0.2) is 4.39 Å². The van der Waals surface area contributed by atoms with Crippen molar-refractivity contribution < 1.29 is 19.0 Å². The molecule has 0 bridgehead atoms. The Kier molecular flexibility index (Phi) is 6.04. The topological polar surface area (TPSA) is 67.9 Å². The van der Waals surface area contributed by atoms with E-state index in [0.717, 1.165) is 13.1 Å². The molecule has 0 aliphatic carbocycles. The maximum Gasteiger partial charge on any atom is 0.293 e. The molecule has 0 saturated carbocycles. The Morgan fingerprint density at radius 3 is 2.32 bits per heavy atom. The Morgan fingerprint density at radius 1 is 0.968 bits per heavy atom. The second-order valence-corrected chi connectivity index (χ2v) is 7.66. The Bertz CT molecular complexity index is 1100. The lowest BCUT2D eigenvalue weighted by Gasteiger charge is -2.33. The molecule has 3 aromatic rings. The number of nitro groups is 1. The fourth-order valence-electron chi connectivity index (χ4n) is 3.99. The van der Waals surface area contributed by atoms with Crippen LogP contribution in [0.15, 0.2) is 72.8 Å². The second kappa shape index (κ2) is 9.06. The monoisotopic (exact) mass is 420 g/mol. The third kappa shape index (κ3) is 4.62. The number of carbonyl (C=O) groups is 1. The third-order valence-corrected chi connectivity index (χ3v) is 5.68. The molecule has 7 heteroatoms. The van der Waals surface area contributed by atoms with E-state index < -0.39 is 4.92 Å². The molecule has 0 amide bonds. The Labute approximate surface area is 179 Å². The highest BCUT2D eigenvalue weighted by Crippen LogP contribution is 2.30. The summed E-state index contributed by atoms with van der Waals surface area (Å²) in [5.74, 6) is -0.443. The molecule has 0 unspecified atom stereocenters. The number of ketones is 1. The summed E-state index contributed by atoms with van der Waals surface area (Å²) in [4.78, 5) is 27.2. The molecule has 6 nitrogen and oxygen atoms in total. The van der Waals surface area contributed by atoms with Gasteiger partial charge in [-0.1, -0.05) is 48.5 Å². The lowest BCUT2D eigenvalue weighted by atomic mass is 10.0. The number of nitrogens with zero attached hydrogens (tertiary/aromatic N) is 2. The van der Waals surface area contributed by atoms with E-state index in [1.165, 1.54) is 17.0 Å². The van der Waals surface area contributed by atoms with E-state index in [1.54, 1.807) is 48.5 Å². The van der Waals surface area contributed by atoms with Crippen molar-refractivity contribution in [1.29, 1.82) is 0 Å². The largest absolute Gasteiger partial charge is 0.355 e. The first-order chi connectivity index (χ1) is 15.0. The van der Waals surface area contributed by atoms with Crippen molar-refractivity contribution in [2.24, 2.45) is 0 Å². The van der Waals surface area contributed by atoms with Crippen LogP contribution < -0.4 is 9.80 Å². The average Bonchev–Trinajstić information content (AvgIpc) is 2.81.